The maximum Gasteiger partial charge on any atom is 0.309 e. The lowest BCUT2D eigenvalue weighted by Gasteiger charge is -2.23. The SMILES string of the molecule is CC1(C)C2CC3C(=O)OC(C2S)C31. The highest BCUT2D eigenvalue weighted by molar-refractivity contribution is 7.81. The minimum absolute atomic E-state index is 0.0297. The molecule has 5 unspecified atom stereocenters. The number of hydrogen-bond acceptors (Lipinski definition) is 3. The minimum atomic E-state index is 0.0297. The number of rotatable bonds is 0. The Bertz CT molecular complexity index is 287. The molecule has 2 nitrogen and oxygen atoms in total. The Morgan fingerprint density at radius 3 is 2.77 bits per heavy atom. The van der Waals surface area contributed by atoms with Crippen LogP contribution in [0.3, 0.4) is 0 Å². The minimum Gasteiger partial charge on any atom is -0.461 e. The van der Waals surface area contributed by atoms with Crippen LogP contribution in [0.15, 0.2) is 0 Å². The molecule has 13 heavy (non-hydrogen) atoms. The number of esters is 1. The van der Waals surface area contributed by atoms with Gasteiger partial charge < -0.3 is 4.74 Å². The second-order valence-electron chi connectivity index (χ2n) is 5.19. The molecule has 1 saturated heterocycles. The Morgan fingerprint density at radius 2 is 2.23 bits per heavy atom. The molecular formula is C10H14O2S. The zero-order valence-electron chi connectivity index (χ0n) is 7.86. The summed E-state index contributed by atoms with van der Waals surface area (Å²) in [5, 5.41) is 0.280. The van der Waals surface area contributed by atoms with Crippen LogP contribution in [0.5, 0.6) is 0 Å². The highest BCUT2D eigenvalue weighted by atomic mass is 32.1. The van der Waals surface area contributed by atoms with Gasteiger partial charge in [0.15, 0.2) is 0 Å². The van der Waals surface area contributed by atoms with Crippen LogP contribution in [-0.4, -0.2) is 17.3 Å². The van der Waals surface area contributed by atoms with Crippen molar-refractivity contribution in [3.63, 3.8) is 0 Å². The maximum atomic E-state index is 11.5. The third kappa shape index (κ3) is 0.719. The van der Waals surface area contributed by atoms with E-state index in [1.807, 2.05) is 0 Å². The molecule has 1 aliphatic heterocycles. The van der Waals surface area contributed by atoms with Crippen molar-refractivity contribution in [3.05, 3.63) is 0 Å². The van der Waals surface area contributed by atoms with Crippen molar-refractivity contribution >= 4 is 18.6 Å². The Balaban J connectivity index is 2.10. The van der Waals surface area contributed by atoms with Gasteiger partial charge in [-0.05, 0) is 17.8 Å². The van der Waals surface area contributed by atoms with E-state index in [9.17, 15) is 4.79 Å². The first-order valence-corrected chi connectivity index (χ1v) is 5.43. The Morgan fingerprint density at radius 1 is 1.54 bits per heavy atom. The van der Waals surface area contributed by atoms with Crippen LogP contribution in [-0.2, 0) is 9.53 Å². The standard InChI is InChI=1S/C10H14O2S/c1-10(2)5-3-4-6(10)7(8(5)13)12-9(4)11/h4-8,13H,3H2,1-2H3. The molecule has 3 fully saturated rings. The monoisotopic (exact) mass is 198 g/mol. The molecular weight excluding hydrogens is 184 g/mol. The van der Waals surface area contributed by atoms with Crippen molar-refractivity contribution in [1.29, 1.82) is 0 Å². The van der Waals surface area contributed by atoms with Crippen LogP contribution < -0.4 is 0 Å². The van der Waals surface area contributed by atoms with E-state index < -0.39 is 0 Å². The summed E-state index contributed by atoms with van der Waals surface area (Å²) in [5.74, 6) is 1.23. The smallest absolute Gasteiger partial charge is 0.309 e. The lowest BCUT2D eigenvalue weighted by molar-refractivity contribution is -0.143. The van der Waals surface area contributed by atoms with E-state index in [1.54, 1.807) is 0 Å². The molecule has 3 aliphatic rings. The Labute approximate surface area is 83.4 Å². The molecule has 0 N–H and O–H groups in total. The van der Waals surface area contributed by atoms with Gasteiger partial charge in [-0.25, -0.2) is 0 Å². The predicted molar refractivity (Wildman–Crippen MR) is 51.5 cm³/mol. The maximum absolute atomic E-state index is 11.5. The van der Waals surface area contributed by atoms with Gasteiger partial charge in [0.2, 0.25) is 0 Å². The average Bonchev–Trinajstić information content (AvgIpc) is 2.51. The van der Waals surface area contributed by atoms with Crippen LogP contribution in [0.4, 0.5) is 0 Å². The van der Waals surface area contributed by atoms with Crippen molar-refractivity contribution < 1.29 is 9.53 Å². The summed E-state index contributed by atoms with van der Waals surface area (Å²) in [7, 11) is 0. The normalized spacial score (nSPS) is 55.6. The van der Waals surface area contributed by atoms with E-state index in [4.69, 9.17) is 4.74 Å². The fraction of sp³-hybridized carbons (Fsp3) is 0.900. The molecule has 0 aromatic carbocycles. The van der Waals surface area contributed by atoms with Gasteiger partial charge >= 0.3 is 5.97 Å². The summed E-state index contributed by atoms with van der Waals surface area (Å²) in [6, 6.07) is 0. The first kappa shape index (κ1) is 8.16. The van der Waals surface area contributed by atoms with Crippen molar-refractivity contribution in [3.8, 4) is 0 Å². The van der Waals surface area contributed by atoms with Gasteiger partial charge in [-0.2, -0.15) is 12.6 Å². The van der Waals surface area contributed by atoms with Gasteiger partial charge in [-0.3, -0.25) is 4.79 Å². The van der Waals surface area contributed by atoms with Crippen LogP contribution in [0.2, 0.25) is 0 Å². The second kappa shape index (κ2) is 2.08. The van der Waals surface area contributed by atoms with E-state index in [0.29, 0.717) is 11.8 Å². The number of ether oxygens (including phenoxy) is 1. The molecule has 3 heteroatoms. The van der Waals surface area contributed by atoms with E-state index in [-0.39, 0.29) is 28.7 Å². The molecule has 0 aromatic rings. The van der Waals surface area contributed by atoms with Crippen LogP contribution in [0, 0.1) is 23.2 Å². The molecule has 3 rings (SSSR count). The quantitative estimate of drug-likeness (QED) is 0.471. The van der Waals surface area contributed by atoms with Crippen molar-refractivity contribution in [2.24, 2.45) is 23.2 Å². The van der Waals surface area contributed by atoms with Gasteiger partial charge in [0.1, 0.15) is 6.10 Å². The summed E-state index contributed by atoms with van der Waals surface area (Å²) >= 11 is 4.58. The number of fused-ring (bicyclic) bond motifs is 1. The number of carbonyl (C=O) groups is 1. The summed E-state index contributed by atoms with van der Waals surface area (Å²) in [4.78, 5) is 11.5. The summed E-state index contributed by atoms with van der Waals surface area (Å²) in [5.41, 5.74) is 0.258. The molecule has 0 radical (unpaired) electrons. The number of hydrogen-bond donors (Lipinski definition) is 1. The zero-order valence-corrected chi connectivity index (χ0v) is 8.75. The predicted octanol–water partition coefficient (Wildman–Crippen LogP) is 1.50. The summed E-state index contributed by atoms with van der Waals surface area (Å²) in [6.07, 6.45) is 1.11. The first-order chi connectivity index (χ1) is 6.03. The fourth-order valence-corrected chi connectivity index (χ4v) is 4.52. The first-order valence-electron chi connectivity index (χ1n) is 4.92. The molecule has 2 bridgehead atoms. The number of carbonyl (C=O) groups excluding carboxylic acids is 1. The Hall–Kier alpha value is -0.180. The molecule has 5 atom stereocenters. The molecule has 72 valence electrons. The van der Waals surface area contributed by atoms with Gasteiger partial charge in [-0.15, -0.1) is 0 Å². The van der Waals surface area contributed by atoms with Crippen LogP contribution in [0.25, 0.3) is 0 Å². The van der Waals surface area contributed by atoms with Crippen molar-refractivity contribution in [1.82, 2.24) is 0 Å². The lowest BCUT2D eigenvalue weighted by atomic mass is 9.80. The van der Waals surface area contributed by atoms with Crippen LogP contribution >= 0.6 is 12.6 Å². The molecule has 2 saturated carbocycles. The summed E-state index contributed by atoms with van der Waals surface area (Å²) < 4.78 is 5.37. The molecule has 0 spiro atoms. The highest BCUT2D eigenvalue weighted by Gasteiger charge is 2.69. The van der Waals surface area contributed by atoms with Gasteiger partial charge in [-0.1, -0.05) is 13.8 Å². The molecule has 2 aliphatic carbocycles. The largest absolute Gasteiger partial charge is 0.461 e. The van der Waals surface area contributed by atoms with Crippen LogP contribution in [0.1, 0.15) is 20.3 Å². The van der Waals surface area contributed by atoms with Gasteiger partial charge in [0, 0.05) is 11.2 Å². The highest BCUT2D eigenvalue weighted by Crippen LogP contribution is 2.65. The topological polar surface area (TPSA) is 26.3 Å². The molecule has 0 amide bonds. The van der Waals surface area contributed by atoms with Crippen molar-refractivity contribution in [2.45, 2.75) is 31.6 Å². The Kier molecular flexibility index (Phi) is 1.30. The molecule has 1 heterocycles. The summed E-state index contributed by atoms with van der Waals surface area (Å²) in [6.45, 7) is 4.51. The molecule has 0 aromatic heterocycles. The fourth-order valence-electron chi connectivity index (χ4n) is 3.77. The third-order valence-corrected chi connectivity index (χ3v) is 5.07. The second-order valence-corrected chi connectivity index (χ2v) is 5.78. The average molecular weight is 198 g/mol. The van der Waals surface area contributed by atoms with E-state index in [2.05, 4.69) is 26.5 Å². The zero-order chi connectivity index (χ0) is 9.38. The van der Waals surface area contributed by atoms with E-state index in [1.165, 1.54) is 0 Å². The van der Waals surface area contributed by atoms with Gasteiger partial charge in [0.25, 0.3) is 0 Å². The third-order valence-electron chi connectivity index (χ3n) is 4.41. The van der Waals surface area contributed by atoms with E-state index >= 15 is 0 Å². The number of thiol groups is 1. The van der Waals surface area contributed by atoms with E-state index in [0.717, 1.165) is 6.42 Å². The lowest BCUT2D eigenvalue weighted by Crippen LogP contribution is -2.27. The van der Waals surface area contributed by atoms with Crippen molar-refractivity contribution in [2.75, 3.05) is 0 Å². The van der Waals surface area contributed by atoms with Gasteiger partial charge in [0.05, 0.1) is 5.92 Å².